The normalized spacial score (nSPS) is 12.2. The molecule has 1 aliphatic heterocycles. The lowest BCUT2D eigenvalue weighted by Gasteiger charge is -2.10. The van der Waals surface area contributed by atoms with Crippen LogP contribution in [0.5, 0.6) is 17.2 Å². The third-order valence-corrected chi connectivity index (χ3v) is 3.60. The van der Waals surface area contributed by atoms with Crippen molar-refractivity contribution >= 4 is 17.2 Å². The van der Waals surface area contributed by atoms with Gasteiger partial charge in [-0.2, -0.15) is 0 Å². The van der Waals surface area contributed by atoms with E-state index in [2.05, 4.69) is 0 Å². The van der Waals surface area contributed by atoms with E-state index in [0.717, 1.165) is 28.2 Å². The minimum Gasteiger partial charge on any atom is -0.489 e. The fraction of sp³-hybridized carbons (Fsp3) is 0.188. The average molecular weight is 301 g/mol. The van der Waals surface area contributed by atoms with Gasteiger partial charge in [0.1, 0.15) is 17.3 Å². The molecule has 2 N–H and O–H groups in total. The Morgan fingerprint density at radius 3 is 2.76 bits per heavy atom. The highest BCUT2D eigenvalue weighted by molar-refractivity contribution is 7.80. The largest absolute Gasteiger partial charge is 0.489 e. The lowest BCUT2D eigenvalue weighted by Crippen LogP contribution is -2.10. The zero-order valence-electron chi connectivity index (χ0n) is 11.6. The van der Waals surface area contributed by atoms with Crippen molar-refractivity contribution in [1.29, 1.82) is 0 Å². The Labute approximate surface area is 128 Å². The molecule has 0 fully saturated rings. The van der Waals surface area contributed by atoms with Crippen LogP contribution in [0.25, 0.3) is 0 Å². The molecule has 3 rings (SSSR count). The van der Waals surface area contributed by atoms with Crippen molar-refractivity contribution < 1.29 is 14.2 Å². The number of rotatable bonds is 4. The molecule has 5 heteroatoms. The lowest BCUT2D eigenvalue weighted by molar-refractivity contribution is 0.173. The molecule has 0 unspecified atom stereocenters. The van der Waals surface area contributed by atoms with Gasteiger partial charge < -0.3 is 19.9 Å². The first-order valence-electron chi connectivity index (χ1n) is 6.55. The third kappa shape index (κ3) is 2.92. The van der Waals surface area contributed by atoms with Crippen LogP contribution in [0.2, 0.25) is 0 Å². The van der Waals surface area contributed by atoms with Crippen LogP contribution in [-0.4, -0.2) is 11.8 Å². The van der Waals surface area contributed by atoms with Crippen LogP contribution in [0.1, 0.15) is 16.7 Å². The highest BCUT2D eigenvalue weighted by Crippen LogP contribution is 2.35. The minimum absolute atomic E-state index is 0.262. The molecule has 0 saturated carbocycles. The number of aryl methyl sites for hydroxylation is 1. The minimum atomic E-state index is 0.262. The Morgan fingerprint density at radius 2 is 2.00 bits per heavy atom. The van der Waals surface area contributed by atoms with Crippen molar-refractivity contribution in [3.8, 4) is 17.2 Å². The Kier molecular flexibility index (Phi) is 3.66. The molecule has 0 aliphatic carbocycles. The lowest BCUT2D eigenvalue weighted by atomic mass is 10.1. The Balaban J connectivity index is 1.71. The predicted molar refractivity (Wildman–Crippen MR) is 84.0 cm³/mol. The van der Waals surface area contributed by atoms with Crippen molar-refractivity contribution in [3.63, 3.8) is 0 Å². The van der Waals surface area contributed by atoms with Crippen molar-refractivity contribution in [2.75, 3.05) is 6.79 Å². The average Bonchev–Trinajstić information content (AvgIpc) is 2.93. The topological polar surface area (TPSA) is 53.7 Å². The number of ether oxygens (including phenoxy) is 3. The van der Waals surface area contributed by atoms with E-state index in [4.69, 9.17) is 32.2 Å². The van der Waals surface area contributed by atoms with Crippen LogP contribution in [0.3, 0.4) is 0 Å². The number of nitrogens with two attached hydrogens (primary N) is 1. The Morgan fingerprint density at radius 1 is 1.19 bits per heavy atom. The van der Waals surface area contributed by atoms with Crippen LogP contribution >= 0.6 is 12.2 Å². The summed E-state index contributed by atoms with van der Waals surface area (Å²) >= 11 is 4.97. The van der Waals surface area contributed by atoms with Crippen molar-refractivity contribution in [2.24, 2.45) is 5.73 Å². The van der Waals surface area contributed by atoms with E-state index in [0.29, 0.717) is 17.3 Å². The van der Waals surface area contributed by atoms with Gasteiger partial charge in [-0.3, -0.25) is 0 Å². The maximum absolute atomic E-state index is 5.80. The van der Waals surface area contributed by atoms with Gasteiger partial charge in [-0.05, 0) is 36.2 Å². The molecule has 0 amide bonds. The summed E-state index contributed by atoms with van der Waals surface area (Å²) in [5.74, 6) is 2.21. The molecule has 108 valence electrons. The highest BCUT2D eigenvalue weighted by Gasteiger charge is 2.13. The second kappa shape index (κ2) is 5.61. The highest BCUT2D eigenvalue weighted by atomic mass is 32.1. The fourth-order valence-electron chi connectivity index (χ4n) is 2.14. The first kappa shape index (κ1) is 13.7. The van der Waals surface area contributed by atoms with Gasteiger partial charge in [0.25, 0.3) is 0 Å². The first-order chi connectivity index (χ1) is 10.1. The second-order valence-corrected chi connectivity index (χ2v) is 5.25. The summed E-state index contributed by atoms with van der Waals surface area (Å²) in [5, 5.41) is 0. The van der Waals surface area contributed by atoms with E-state index < -0.39 is 0 Å². The molecule has 0 atom stereocenters. The summed E-state index contributed by atoms with van der Waals surface area (Å²) in [6, 6.07) is 11.4. The number of hydrogen-bond donors (Lipinski definition) is 1. The van der Waals surface area contributed by atoms with Gasteiger partial charge in [0, 0.05) is 11.6 Å². The van der Waals surface area contributed by atoms with Gasteiger partial charge in [-0.15, -0.1) is 0 Å². The van der Waals surface area contributed by atoms with Crippen LogP contribution in [-0.2, 0) is 6.61 Å². The summed E-state index contributed by atoms with van der Waals surface area (Å²) in [6.45, 7) is 2.75. The monoisotopic (exact) mass is 301 g/mol. The molecule has 0 aromatic heterocycles. The summed E-state index contributed by atoms with van der Waals surface area (Å²) in [4.78, 5) is 0.404. The molecule has 2 aromatic rings. The summed E-state index contributed by atoms with van der Waals surface area (Å²) < 4.78 is 16.4. The van der Waals surface area contributed by atoms with E-state index >= 15 is 0 Å². The quantitative estimate of drug-likeness (QED) is 0.880. The van der Waals surface area contributed by atoms with Gasteiger partial charge in [-0.1, -0.05) is 24.4 Å². The SMILES string of the molecule is Cc1cc(C(N)=S)ccc1COc1ccc2c(c1)OCO2. The summed E-state index contributed by atoms with van der Waals surface area (Å²) in [6.07, 6.45) is 0. The van der Waals surface area contributed by atoms with E-state index in [1.54, 1.807) is 0 Å². The molecule has 0 spiro atoms. The fourth-order valence-corrected chi connectivity index (χ4v) is 2.27. The zero-order chi connectivity index (χ0) is 14.8. The van der Waals surface area contributed by atoms with Gasteiger partial charge in [0.05, 0.1) is 0 Å². The van der Waals surface area contributed by atoms with Crippen molar-refractivity contribution in [3.05, 3.63) is 53.1 Å². The summed E-state index contributed by atoms with van der Waals surface area (Å²) in [5.41, 5.74) is 8.68. The third-order valence-electron chi connectivity index (χ3n) is 3.37. The molecular formula is C16H15NO3S. The molecule has 21 heavy (non-hydrogen) atoms. The van der Waals surface area contributed by atoms with Gasteiger partial charge in [0.2, 0.25) is 6.79 Å². The van der Waals surface area contributed by atoms with E-state index in [1.165, 1.54) is 0 Å². The van der Waals surface area contributed by atoms with E-state index in [9.17, 15) is 0 Å². The van der Waals surface area contributed by atoms with Gasteiger partial charge >= 0.3 is 0 Å². The number of fused-ring (bicyclic) bond motifs is 1. The smallest absolute Gasteiger partial charge is 0.231 e. The van der Waals surface area contributed by atoms with E-state index in [-0.39, 0.29) is 6.79 Å². The Bertz CT molecular complexity index is 700. The maximum atomic E-state index is 5.80. The molecule has 1 aliphatic rings. The molecule has 1 heterocycles. The number of benzene rings is 2. The standard InChI is InChI=1S/C16H15NO3S/c1-10-6-11(16(17)21)2-3-12(10)8-18-13-4-5-14-15(7-13)20-9-19-14/h2-7H,8-9H2,1H3,(H2,17,21). The number of thiocarbonyl (C=S) groups is 1. The van der Waals surface area contributed by atoms with Gasteiger partial charge in [-0.25, -0.2) is 0 Å². The summed E-state index contributed by atoms with van der Waals surface area (Å²) in [7, 11) is 0. The maximum Gasteiger partial charge on any atom is 0.231 e. The zero-order valence-corrected chi connectivity index (χ0v) is 12.4. The molecule has 2 aromatic carbocycles. The molecule has 4 nitrogen and oxygen atoms in total. The Hall–Kier alpha value is -2.27. The number of hydrogen-bond acceptors (Lipinski definition) is 4. The van der Waals surface area contributed by atoms with E-state index in [1.807, 2.05) is 43.3 Å². The van der Waals surface area contributed by atoms with Crippen LogP contribution in [0.4, 0.5) is 0 Å². The molecular weight excluding hydrogens is 286 g/mol. The van der Waals surface area contributed by atoms with Gasteiger partial charge in [0.15, 0.2) is 11.5 Å². The van der Waals surface area contributed by atoms with Crippen LogP contribution < -0.4 is 19.9 Å². The molecule has 0 bridgehead atoms. The predicted octanol–water partition coefficient (Wildman–Crippen LogP) is 2.94. The molecule has 0 radical (unpaired) electrons. The van der Waals surface area contributed by atoms with Crippen molar-refractivity contribution in [2.45, 2.75) is 13.5 Å². The van der Waals surface area contributed by atoms with Crippen molar-refractivity contribution in [1.82, 2.24) is 0 Å². The second-order valence-electron chi connectivity index (χ2n) is 4.81. The molecule has 0 saturated heterocycles. The van der Waals surface area contributed by atoms with Crippen LogP contribution in [0.15, 0.2) is 36.4 Å². The first-order valence-corrected chi connectivity index (χ1v) is 6.96. The van der Waals surface area contributed by atoms with Crippen LogP contribution in [0, 0.1) is 6.92 Å².